The maximum absolute atomic E-state index is 11.6. The monoisotopic (exact) mass is 370 g/mol. The predicted octanol–water partition coefficient (Wildman–Crippen LogP) is 3.29. The first kappa shape index (κ1) is 17.3. The molecule has 2 aromatic rings. The summed E-state index contributed by atoms with van der Waals surface area (Å²) in [5, 5.41) is 2.67. The van der Waals surface area contributed by atoms with Gasteiger partial charge in [-0.15, -0.1) is 11.3 Å². The van der Waals surface area contributed by atoms with Gasteiger partial charge in [-0.05, 0) is 35.7 Å². The standard InChI is InChI=1S/C15H12Cl2N2O3S/c16-10-3-5-13(12(17)8-10)22-9-15(21)19-18-14(20)6-4-11-2-1-7-23-11/h1-8H,9H2,(H,18,20)(H,19,21)/b6-4+. The van der Waals surface area contributed by atoms with E-state index in [1.165, 1.54) is 23.5 Å². The van der Waals surface area contributed by atoms with Crippen LogP contribution in [0.15, 0.2) is 41.8 Å². The number of carbonyl (C=O) groups is 2. The molecule has 5 nitrogen and oxygen atoms in total. The first-order valence-electron chi connectivity index (χ1n) is 6.43. The lowest BCUT2D eigenvalue weighted by molar-refractivity contribution is -0.128. The van der Waals surface area contributed by atoms with Gasteiger partial charge in [0, 0.05) is 16.0 Å². The Morgan fingerprint density at radius 3 is 2.74 bits per heavy atom. The summed E-state index contributed by atoms with van der Waals surface area (Å²) in [6.45, 7) is -0.295. The van der Waals surface area contributed by atoms with Crippen LogP contribution in [-0.4, -0.2) is 18.4 Å². The van der Waals surface area contributed by atoms with E-state index in [1.54, 1.807) is 18.2 Å². The van der Waals surface area contributed by atoms with Crippen molar-refractivity contribution in [3.8, 4) is 5.75 Å². The SMILES string of the molecule is O=C(/C=C/c1cccs1)NNC(=O)COc1ccc(Cl)cc1Cl. The van der Waals surface area contributed by atoms with Crippen LogP contribution in [0.5, 0.6) is 5.75 Å². The first-order valence-corrected chi connectivity index (χ1v) is 8.06. The van der Waals surface area contributed by atoms with Gasteiger partial charge in [-0.3, -0.25) is 20.4 Å². The minimum absolute atomic E-state index is 0.295. The Hall–Kier alpha value is -2.02. The summed E-state index contributed by atoms with van der Waals surface area (Å²) >= 11 is 13.2. The number of carbonyl (C=O) groups excluding carboxylic acids is 2. The van der Waals surface area contributed by atoms with Crippen molar-refractivity contribution >= 4 is 52.4 Å². The van der Waals surface area contributed by atoms with Crippen LogP contribution in [0.25, 0.3) is 6.08 Å². The molecule has 23 heavy (non-hydrogen) atoms. The summed E-state index contributed by atoms with van der Waals surface area (Å²) in [5.41, 5.74) is 4.48. The highest BCUT2D eigenvalue weighted by atomic mass is 35.5. The van der Waals surface area contributed by atoms with Crippen molar-refractivity contribution in [3.05, 3.63) is 56.7 Å². The van der Waals surface area contributed by atoms with Crippen LogP contribution in [0.2, 0.25) is 10.0 Å². The van der Waals surface area contributed by atoms with Gasteiger partial charge in [-0.25, -0.2) is 0 Å². The van der Waals surface area contributed by atoms with E-state index in [-0.39, 0.29) is 6.61 Å². The van der Waals surface area contributed by atoms with Crippen molar-refractivity contribution in [1.82, 2.24) is 10.9 Å². The van der Waals surface area contributed by atoms with E-state index >= 15 is 0 Å². The van der Waals surface area contributed by atoms with E-state index < -0.39 is 11.8 Å². The van der Waals surface area contributed by atoms with Gasteiger partial charge in [0.2, 0.25) is 0 Å². The molecule has 0 radical (unpaired) electrons. The van der Waals surface area contributed by atoms with Gasteiger partial charge in [0.1, 0.15) is 5.75 Å². The molecule has 0 saturated heterocycles. The molecule has 0 aliphatic carbocycles. The number of hydrogen-bond acceptors (Lipinski definition) is 4. The molecule has 0 bridgehead atoms. The summed E-state index contributed by atoms with van der Waals surface area (Å²) in [6, 6.07) is 8.41. The lowest BCUT2D eigenvalue weighted by Crippen LogP contribution is -2.43. The highest BCUT2D eigenvalue weighted by Crippen LogP contribution is 2.27. The smallest absolute Gasteiger partial charge is 0.276 e. The molecule has 1 aromatic carbocycles. The van der Waals surface area contributed by atoms with Gasteiger partial charge in [0.15, 0.2) is 6.61 Å². The zero-order chi connectivity index (χ0) is 16.7. The second-order valence-corrected chi connectivity index (χ2v) is 6.07. The molecule has 0 spiro atoms. The maximum atomic E-state index is 11.6. The topological polar surface area (TPSA) is 67.4 Å². The highest BCUT2D eigenvalue weighted by Gasteiger charge is 2.07. The van der Waals surface area contributed by atoms with Gasteiger partial charge in [-0.2, -0.15) is 0 Å². The van der Waals surface area contributed by atoms with Gasteiger partial charge in [0.25, 0.3) is 11.8 Å². The van der Waals surface area contributed by atoms with E-state index in [4.69, 9.17) is 27.9 Å². The molecule has 0 saturated carbocycles. The number of hydrazine groups is 1. The Morgan fingerprint density at radius 2 is 2.04 bits per heavy atom. The Balaban J connectivity index is 1.73. The minimum Gasteiger partial charge on any atom is -0.482 e. The number of halogens is 2. The Morgan fingerprint density at radius 1 is 1.22 bits per heavy atom. The average Bonchev–Trinajstić information content (AvgIpc) is 3.03. The highest BCUT2D eigenvalue weighted by molar-refractivity contribution is 7.10. The first-order chi connectivity index (χ1) is 11.0. The van der Waals surface area contributed by atoms with Crippen molar-refractivity contribution in [2.75, 3.05) is 6.61 Å². The molecule has 0 fully saturated rings. The van der Waals surface area contributed by atoms with E-state index in [1.807, 2.05) is 17.5 Å². The Kier molecular flexibility index (Phi) is 6.46. The van der Waals surface area contributed by atoms with Crippen LogP contribution in [0.3, 0.4) is 0 Å². The zero-order valence-corrected chi connectivity index (χ0v) is 14.0. The summed E-state index contributed by atoms with van der Waals surface area (Å²) in [4.78, 5) is 24.1. The normalized spacial score (nSPS) is 10.5. The van der Waals surface area contributed by atoms with Crippen molar-refractivity contribution < 1.29 is 14.3 Å². The molecule has 8 heteroatoms. The molecule has 0 unspecified atom stereocenters. The van der Waals surface area contributed by atoms with Gasteiger partial charge in [-0.1, -0.05) is 29.3 Å². The Labute approximate surface area is 146 Å². The number of benzene rings is 1. The molecule has 1 heterocycles. The lowest BCUT2D eigenvalue weighted by atomic mass is 10.3. The van der Waals surface area contributed by atoms with E-state index in [0.717, 1.165) is 4.88 Å². The van der Waals surface area contributed by atoms with E-state index in [0.29, 0.717) is 15.8 Å². The quantitative estimate of drug-likeness (QED) is 0.626. The molecule has 2 rings (SSSR count). The number of amides is 2. The van der Waals surface area contributed by atoms with Crippen LogP contribution in [0, 0.1) is 0 Å². The number of nitrogens with one attached hydrogen (secondary N) is 2. The third-order valence-corrected chi connectivity index (χ3v) is 3.89. The fourth-order valence-electron chi connectivity index (χ4n) is 1.49. The number of hydrogen-bond donors (Lipinski definition) is 2. The number of rotatable bonds is 5. The third kappa shape index (κ3) is 5.94. The molecule has 2 N–H and O–H groups in total. The molecule has 1 aromatic heterocycles. The molecular weight excluding hydrogens is 359 g/mol. The fraction of sp³-hybridized carbons (Fsp3) is 0.0667. The molecular formula is C15H12Cl2N2O3S. The van der Waals surface area contributed by atoms with Crippen LogP contribution >= 0.6 is 34.5 Å². The summed E-state index contributed by atoms with van der Waals surface area (Å²) in [7, 11) is 0. The largest absolute Gasteiger partial charge is 0.482 e. The predicted molar refractivity (Wildman–Crippen MR) is 91.6 cm³/mol. The van der Waals surface area contributed by atoms with Crippen molar-refractivity contribution in [3.63, 3.8) is 0 Å². The lowest BCUT2D eigenvalue weighted by Gasteiger charge is -2.09. The molecule has 0 atom stereocenters. The molecule has 0 aliphatic heterocycles. The molecule has 0 aliphatic rings. The second kappa shape index (κ2) is 8.57. The minimum atomic E-state index is -0.520. The van der Waals surface area contributed by atoms with Crippen molar-refractivity contribution in [2.24, 2.45) is 0 Å². The van der Waals surface area contributed by atoms with E-state index in [9.17, 15) is 9.59 Å². The van der Waals surface area contributed by atoms with Gasteiger partial charge in [0.05, 0.1) is 5.02 Å². The van der Waals surface area contributed by atoms with Crippen LogP contribution in [0.4, 0.5) is 0 Å². The average molecular weight is 371 g/mol. The van der Waals surface area contributed by atoms with Crippen molar-refractivity contribution in [1.29, 1.82) is 0 Å². The summed E-state index contributed by atoms with van der Waals surface area (Å²) < 4.78 is 5.23. The maximum Gasteiger partial charge on any atom is 0.276 e. The van der Waals surface area contributed by atoms with Gasteiger partial charge < -0.3 is 4.74 Å². The summed E-state index contributed by atoms with van der Waals surface area (Å²) in [6.07, 6.45) is 2.97. The summed E-state index contributed by atoms with van der Waals surface area (Å²) in [5.74, 6) is -0.639. The van der Waals surface area contributed by atoms with Gasteiger partial charge >= 0.3 is 0 Å². The Bertz CT molecular complexity index is 718. The molecule has 2 amide bonds. The number of thiophene rings is 1. The van der Waals surface area contributed by atoms with E-state index in [2.05, 4.69) is 10.9 Å². The number of ether oxygens (including phenoxy) is 1. The van der Waals surface area contributed by atoms with Crippen LogP contribution in [0.1, 0.15) is 4.88 Å². The van der Waals surface area contributed by atoms with Crippen LogP contribution < -0.4 is 15.6 Å². The fourth-order valence-corrected chi connectivity index (χ4v) is 2.57. The zero-order valence-electron chi connectivity index (χ0n) is 11.7. The second-order valence-electron chi connectivity index (χ2n) is 4.25. The molecule has 120 valence electrons. The third-order valence-electron chi connectivity index (χ3n) is 2.52. The van der Waals surface area contributed by atoms with Crippen LogP contribution in [-0.2, 0) is 9.59 Å². The van der Waals surface area contributed by atoms with Crippen molar-refractivity contribution in [2.45, 2.75) is 0 Å².